The number of nitrogens with zero attached hydrogens (tertiary/aromatic N) is 4. The molecule has 23 heavy (non-hydrogen) atoms. The number of nitrogens with one attached hydrogen (secondary N) is 1. The van der Waals surface area contributed by atoms with Gasteiger partial charge in [0.1, 0.15) is 0 Å². The minimum absolute atomic E-state index is 0.424. The fourth-order valence-electron chi connectivity index (χ4n) is 2.63. The molecule has 0 saturated heterocycles. The first kappa shape index (κ1) is 17.5. The number of hydrogen-bond acceptors (Lipinski definition) is 3. The SMILES string of the molecule is CN=C(NCCc1cccs1)N(C)Cc1cn(C)nc1C(C)C. The molecule has 2 rings (SSSR count). The third kappa shape index (κ3) is 4.82. The van der Waals surface area contributed by atoms with E-state index in [1.54, 1.807) is 11.3 Å². The summed E-state index contributed by atoms with van der Waals surface area (Å²) in [6, 6.07) is 4.26. The van der Waals surface area contributed by atoms with E-state index in [0.29, 0.717) is 5.92 Å². The maximum atomic E-state index is 4.58. The molecule has 0 radical (unpaired) electrons. The topological polar surface area (TPSA) is 45.5 Å². The number of aromatic nitrogens is 2. The maximum Gasteiger partial charge on any atom is 0.193 e. The molecule has 0 bridgehead atoms. The van der Waals surface area contributed by atoms with Gasteiger partial charge in [-0.3, -0.25) is 9.67 Å². The number of hydrogen-bond donors (Lipinski definition) is 1. The van der Waals surface area contributed by atoms with E-state index in [1.165, 1.54) is 10.4 Å². The third-order valence-electron chi connectivity index (χ3n) is 3.70. The molecule has 2 heterocycles. The lowest BCUT2D eigenvalue weighted by atomic mass is 10.1. The van der Waals surface area contributed by atoms with Gasteiger partial charge in [-0.2, -0.15) is 5.10 Å². The second-order valence-corrected chi connectivity index (χ2v) is 7.06. The summed E-state index contributed by atoms with van der Waals surface area (Å²) >= 11 is 1.80. The van der Waals surface area contributed by atoms with Crippen molar-refractivity contribution in [2.45, 2.75) is 32.7 Å². The molecule has 0 aliphatic heterocycles. The highest BCUT2D eigenvalue weighted by atomic mass is 32.1. The molecule has 0 spiro atoms. The van der Waals surface area contributed by atoms with Crippen LogP contribution in [0.3, 0.4) is 0 Å². The van der Waals surface area contributed by atoms with Gasteiger partial charge in [0.05, 0.1) is 5.69 Å². The maximum absolute atomic E-state index is 4.58. The van der Waals surface area contributed by atoms with Crippen molar-refractivity contribution < 1.29 is 0 Å². The third-order valence-corrected chi connectivity index (χ3v) is 4.64. The van der Waals surface area contributed by atoms with Crippen molar-refractivity contribution in [3.8, 4) is 0 Å². The summed E-state index contributed by atoms with van der Waals surface area (Å²) in [6.07, 6.45) is 3.12. The van der Waals surface area contributed by atoms with Crippen LogP contribution < -0.4 is 5.32 Å². The number of aliphatic imine (C=N–C) groups is 1. The van der Waals surface area contributed by atoms with Crippen LogP contribution in [0.15, 0.2) is 28.7 Å². The van der Waals surface area contributed by atoms with Gasteiger partial charge in [0.15, 0.2) is 5.96 Å². The van der Waals surface area contributed by atoms with Crippen LogP contribution in [0, 0.1) is 0 Å². The van der Waals surface area contributed by atoms with Gasteiger partial charge < -0.3 is 10.2 Å². The van der Waals surface area contributed by atoms with Gasteiger partial charge in [-0.25, -0.2) is 0 Å². The van der Waals surface area contributed by atoms with Crippen molar-refractivity contribution in [2.24, 2.45) is 12.0 Å². The van der Waals surface area contributed by atoms with Crippen molar-refractivity contribution >= 4 is 17.3 Å². The average molecular weight is 334 g/mol. The molecule has 0 unspecified atom stereocenters. The van der Waals surface area contributed by atoms with E-state index < -0.39 is 0 Å². The minimum atomic E-state index is 0.424. The molecular formula is C17H27N5S. The first-order chi connectivity index (χ1) is 11.0. The Bertz CT molecular complexity index is 627. The molecule has 0 atom stereocenters. The standard InChI is InChI=1S/C17H27N5S/c1-13(2)16-14(12-22(5)20-16)11-21(4)17(18-3)19-9-8-15-7-6-10-23-15/h6-7,10,12-13H,8-9,11H2,1-5H3,(H,18,19). The predicted molar refractivity (Wildman–Crippen MR) is 98.1 cm³/mol. The molecule has 2 aromatic rings. The monoisotopic (exact) mass is 333 g/mol. The first-order valence-electron chi connectivity index (χ1n) is 7.97. The Balaban J connectivity index is 1.93. The molecule has 2 aromatic heterocycles. The summed E-state index contributed by atoms with van der Waals surface area (Å²) in [5.41, 5.74) is 2.42. The van der Waals surface area contributed by atoms with Gasteiger partial charge in [0.2, 0.25) is 0 Å². The Kier molecular flexibility index (Phi) is 6.21. The highest BCUT2D eigenvalue weighted by Crippen LogP contribution is 2.18. The number of guanidine groups is 1. The van der Waals surface area contributed by atoms with Crippen LogP contribution in [-0.4, -0.2) is 41.3 Å². The van der Waals surface area contributed by atoms with Crippen LogP contribution in [0.4, 0.5) is 0 Å². The summed E-state index contributed by atoms with van der Waals surface area (Å²) in [7, 11) is 5.87. The van der Waals surface area contributed by atoms with Gasteiger partial charge >= 0.3 is 0 Å². The van der Waals surface area contributed by atoms with Gasteiger partial charge in [0.25, 0.3) is 0 Å². The van der Waals surface area contributed by atoms with E-state index in [4.69, 9.17) is 0 Å². The highest BCUT2D eigenvalue weighted by Gasteiger charge is 2.14. The van der Waals surface area contributed by atoms with Crippen LogP contribution in [-0.2, 0) is 20.0 Å². The fraction of sp³-hybridized carbons (Fsp3) is 0.529. The Morgan fingerprint density at radius 3 is 2.87 bits per heavy atom. The second kappa shape index (κ2) is 8.15. The lowest BCUT2D eigenvalue weighted by molar-refractivity contribution is 0.474. The summed E-state index contributed by atoms with van der Waals surface area (Å²) in [6.45, 7) is 6.06. The van der Waals surface area contributed by atoms with Crippen LogP contribution >= 0.6 is 11.3 Å². The normalized spacial score (nSPS) is 12.0. The number of aryl methyl sites for hydroxylation is 1. The molecule has 1 N–H and O–H groups in total. The van der Waals surface area contributed by atoms with Crippen molar-refractivity contribution in [3.63, 3.8) is 0 Å². The Morgan fingerprint density at radius 2 is 2.26 bits per heavy atom. The van der Waals surface area contributed by atoms with Crippen LogP contribution in [0.2, 0.25) is 0 Å². The quantitative estimate of drug-likeness (QED) is 0.653. The van der Waals surface area contributed by atoms with Crippen LogP contribution in [0.1, 0.15) is 35.9 Å². The molecule has 0 amide bonds. The summed E-state index contributed by atoms with van der Waals surface area (Å²) in [4.78, 5) is 7.94. The van der Waals surface area contributed by atoms with E-state index in [9.17, 15) is 0 Å². The molecule has 0 aliphatic rings. The Morgan fingerprint density at radius 1 is 1.48 bits per heavy atom. The Hall–Kier alpha value is -1.82. The summed E-state index contributed by atoms with van der Waals surface area (Å²) in [5, 5.41) is 10.1. The average Bonchev–Trinajstić information content (AvgIpc) is 3.13. The highest BCUT2D eigenvalue weighted by molar-refractivity contribution is 7.09. The predicted octanol–water partition coefficient (Wildman–Crippen LogP) is 2.85. The van der Waals surface area contributed by atoms with Crippen molar-refractivity contribution in [2.75, 3.05) is 20.6 Å². The molecule has 0 aliphatic carbocycles. The second-order valence-electron chi connectivity index (χ2n) is 6.03. The van der Waals surface area contributed by atoms with Gasteiger partial charge in [0, 0.05) is 50.9 Å². The molecule has 5 nitrogen and oxygen atoms in total. The molecule has 126 valence electrons. The van der Waals surface area contributed by atoms with Crippen LogP contribution in [0.25, 0.3) is 0 Å². The zero-order valence-electron chi connectivity index (χ0n) is 14.7. The zero-order chi connectivity index (χ0) is 16.8. The van der Waals surface area contributed by atoms with E-state index >= 15 is 0 Å². The Labute approximate surface area is 143 Å². The fourth-order valence-corrected chi connectivity index (χ4v) is 3.34. The molecule has 0 aromatic carbocycles. The van der Waals surface area contributed by atoms with E-state index in [1.807, 2.05) is 18.8 Å². The van der Waals surface area contributed by atoms with E-state index in [-0.39, 0.29) is 0 Å². The van der Waals surface area contributed by atoms with Crippen molar-refractivity contribution in [1.82, 2.24) is 20.0 Å². The molecular weight excluding hydrogens is 306 g/mol. The largest absolute Gasteiger partial charge is 0.356 e. The van der Waals surface area contributed by atoms with Gasteiger partial charge in [-0.05, 0) is 23.8 Å². The first-order valence-corrected chi connectivity index (χ1v) is 8.85. The minimum Gasteiger partial charge on any atom is -0.356 e. The molecule has 0 fully saturated rings. The smallest absolute Gasteiger partial charge is 0.193 e. The van der Waals surface area contributed by atoms with Gasteiger partial charge in [-0.1, -0.05) is 19.9 Å². The molecule has 6 heteroatoms. The molecule has 0 saturated carbocycles. The zero-order valence-corrected chi connectivity index (χ0v) is 15.5. The van der Waals surface area contributed by atoms with Crippen LogP contribution in [0.5, 0.6) is 0 Å². The number of rotatable bonds is 6. The van der Waals surface area contributed by atoms with Crippen molar-refractivity contribution in [3.05, 3.63) is 39.8 Å². The lowest BCUT2D eigenvalue weighted by Gasteiger charge is -2.22. The van der Waals surface area contributed by atoms with Crippen molar-refractivity contribution in [1.29, 1.82) is 0 Å². The lowest BCUT2D eigenvalue weighted by Crippen LogP contribution is -2.39. The van der Waals surface area contributed by atoms with E-state index in [0.717, 1.165) is 31.2 Å². The summed E-state index contributed by atoms with van der Waals surface area (Å²) in [5.74, 6) is 1.34. The van der Waals surface area contributed by atoms with E-state index in [2.05, 4.69) is 64.9 Å². The number of thiophene rings is 1. The van der Waals surface area contributed by atoms with Gasteiger partial charge in [-0.15, -0.1) is 11.3 Å². The summed E-state index contributed by atoms with van der Waals surface area (Å²) < 4.78 is 1.89.